The Labute approximate surface area is 158 Å². The molecule has 0 aromatic heterocycles. The Morgan fingerprint density at radius 2 is 1.85 bits per heavy atom. The average Bonchev–Trinajstić information content (AvgIpc) is 3.15. The number of hydrogen-bond donors (Lipinski definition) is 1. The van der Waals surface area contributed by atoms with Crippen molar-refractivity contribution in [1.29, 1.82) is 0 Å². The van der Waals surface area contributed by atoms with E-state index in [1.165, 1.54) is 49.9 Å². The van der Waals surface area contributed by atoms with Gasteiger partial charge in [-0.15, -0.1) is 11.8 Å². The van der Waals surface area contributed by atoms with Gasteiger partial charge in [-0.05, 0) is 57.2 Å². The molecule has 2 aliphatic rings. The molecule has 1 aromatic rings. The van der Waals surface area contributed by atoms with E-state index >= 15 is 0 Å². The Hall–Kier alpha value is -1.14. The number of hydrogen-bond acceptors (Lipinski definition) is 3. The first-order valence-electron chi connectivity index (χ1n) is 9.35. The number of likely N-dealkylation sites (tertiary alicyclic amines) is 1. The van der Waals surface area contributed by atoms with Crippen molar-refractivity contribution in [3.63, 3.8) is 0 Å². The molecular formula is C20H27F3N2S. The Morgan fingerprint density at radius 1 is 1.15 bits per heavy atom. The quantitative estimate of drug-likeness (QED) is 0.685. The fourth-order valence-corrected chi connectivity index (χ4v) is 4.86. The van der Waals surface area contributed by atoms with Crippen LogP contribution >= 0.6 is 11.8 Å². The molecule has 1 heterocycles. The normalized spacial score (nSPS) is 24.6. The summed E-state index contributed by atoms with van der Waals surface area (Å²) in [5, 5.41) is 3.56. The van der Waals surface area contributed by atoms with Crippen molar-refractivity contribution >= 4 is 17.5 Å². The highest BCUT2D eigenvalue weighted by Crippen LogP contribution is 2.35. The lowest BCUT2D eigenvalue weighted by Crippen LogP contribution is -2.50. The zero-order valence-electron chi connectivity index (χ0n) is 15.2. The molecule has 3 rings (SSSR count). The van der Waals surface area contributed by atoms with E-state index in [1.54, 1.807) is 12.3 Å². The van der Waals surface area contributed by atoms with Gasteiger partial charge >= 0.3 is 6.18 Å². The average molecular weight is 385 g/mol. The summed E-state index contributed by atoms with van der Waals surface area (Å²) in [5.74, 6) is 0. The number of alkyl halides is 3. The first kappa shape index (κ1) is 19.6. The van der Waals surface area contributed by atoms with Gasteiger partial charge in [0, 0.05) is 28.2 Å². The molecule has 0 unspecified atom stereocenters. The summed E-state index contributed by atoms with van der Waals surface area (Å²) in [6.07, 6.45) is 4.74. The van der Waals surface area contributed by atoms with Crippen LogP contribution in [0, 0.1) is 0 Å². The van der Waals surface area contributed by atoms with Crippen LogP contribution in [0.3, 0.4) is 0 Å². The molecule has 1 N–H and O–H groups in total. The Bertz CT molecular complexity index is 638. The van der Waals surface area contributed by atoms with Gasteiger partial charge in [0.25, 0.3) is 0 Å². The lowest BCUT2D eigenvalue weighted by molar-refractivity contribution is -0.137. The number of benzene rings is 1. The first-order valence-corrected chi connectivity index (χ1v) is 10.6. The fraction of sp³-hybridized carbons (Fsp3) is 0.600. The first-order chi connectivity index (χ1) is 12.4. The van der Waals surface area contributed by atoms with Crippen LogP contribution in [0.25, 0.3) is 5.70 Å². The van der Waals surface area contributed by atoms with Crippen LogP contribution in [0.4, 0.5) is 13.2 Å². The van der Waals surface area contributed by atoms with Crippen molar-refractivity contribution in [1.82, 2.24) is 10.2 Å². The van der Waals surface area contributed by atoms with Crippen molar-refractivity contribution in [3.05, 3.63) is 35.9 Å². The van der Waals surface area contributed by atoms with Gasteiger partial charge in [0.2, 0.25) is 0 Å². The molecule has 1 aliphatic carbocycles. The summed E-state index contributed by atoms with van der Waals surface area (Å²) >= 11 is 1.33. The van der Waals surface area contributed by atoms with E-state index in [-0.39, 0.29) is 0 Å². The van der Waals surface area contributed by atoms with E-state index in [4.69, 9.17) is 0 Å². The summed E-state index contributed by atoms with van der Waals surface area (Å²) < 4.78 is 38.9. The SMILES string of the molecule is C=C(N[C@@H]1CCCC[C@@H]1N1CCCC1)c1ccc(C(F)(F)F)cc1SC. The van der Waals surface area contributed by atoms with Gasteiger partial charge in [-0.25, -0.2) is 0 Å². The van der Waals surface area contributed by atoms with Crippen molar-refractivity contribution in [3.8, 4) is 0 Å². The minimum atomic E-state index is -4.32. The Kier molecular flexibility index (Phi) is 6.23. The highest BCUT2D eigenvalue weighted by Gasteiger charge is 2.33. The van der Waals surface area contributed by atoms with Crippen LogP contribution in [0.5, 0.6) is 0 Å². The van der Waals surface area contributed by atoms with Gasteiger partial charge in [-0.1, -0.05) is 25.5 Å². The molecule has 144 valence electrons. The predicted octanol–water partition coefficient (Wildman–Crippen LogP) is 5.39. The molecule has 0 spiro atoms. The number of nitrogens with one attached hydrogen (secondary N) is 1. The number of halogens is 3. The molecule has 2 nitrogen and oxygen atoms in total. The monoisotopic (exact) mass is 384 g/mol. The van der Waals surface area contributed by atoms with Gasteiger partial charge < -0.3 is 5.32 Å². The maximum Gasteiger partial charge on any atom is 0.416 e. The Balaban J connectivity index is 1.76. The van der Waals surface area contributed by atoms with Gasteiger partial charge in [0.05, 0.1) is 5.56 Å². The molecule has 2 atom stereocenters. The topological polar surface area (TPSA) is 15.3 Å². The van der Waals surface area contributed by atoms with E-state index in [9.17, 15) is 13.2 Å². The minimum absolute atomic E-state index is 0.325. The maximum atomic E-state index is 13.0. The molecular weight excluding hydrogens is 357 g/mol. The van der Waals surface area contributed by atoms with E-state index < -0.39 is 11.7 Å². The summed E-state index contributed by atoms with van der Waals surface area (Å²) in [6.45, 7) is 6.47. The summed E-state index contributed by atoms with van der Waals surface area (Å²) in [5.41, 5.74) is 0.904. The van der Waals surface area contributed by atoms with Crippen LogP contribution in [0.1, 0.15) is 49.7 Å². The van der Waals surface area contributed by atoms with Crippen LogP contribution in [-0.2, 0) is 6.18 Å². The third kappa shape index (κ3) is 4.39. The molecule has 2 fully saturated rings. The zero-order chi connectivity index (χ0) is 18.7. The highest BCUT2D eigenvalue weighted by atomic mass is 32.2. The van der Waals surface area contributed by atoms with Gasteiger partial charge in [0.1, 0.15) is 0 Å². The van der Waals surface area contributed by atoms with Crippen molar-refractivity contribution in [2.75, 3.05) is 19.3 Å². The predicted molar refractivity (Wildman–Crippen MR) is 102 cm³/mol. The maximum absolute atomic E-state index is 13.0. The number of rotatable bonds is 5. The lowest BCUT2D eigenvalue weighted by atomic mass is 9.89. The van der Waals surface area contributed by atoms with Crippen molar-refractivity contribution in [2.45, 2.75) is 61.7 Å². The highest BCUT2D eigenvalue weighted by molar-refractivity contribution is 7.98. The molecule has 26 heavy (non-hydrogen) atoms. The van der Waals surface area contributed by atoms with Crippen LogP contribution in [-0.4, -0.2) is 36.3 Å². The third-order valence-corrected chi connectivity index (χ3v) is 6.33. The van der Waals surface area contributed by atoms with Gasteiger partial charge in [0.15, 0.2) is 0 Å². The Morgan fingerprint density at radius 3 is 2.50 bits per heavy atom. The van der Waals surface area contributed by atoms with Gasteiger partial charge in [-0.3, -0.25) is 4.90 Å². The second kappa shape index (κ2) is 8.26. The van der Waals surface area contributed by atoms with E-state index in [2.05, 4.69) is 16.8 Å². The molecule has 1 aromatic carbocycles. The molecule has 0 bridgehead atoms. The lowest BCUT2D eigenvalue weighted by Gasteiger charge is -2.39. The second-order valence-corrected chi connectivity index (χ2v) is 8.09. The molecule has 0 radical (unpaired) electrons. The van der Waals surface area contributed by atoms with Gasteiger partial charge in [-0.2, -0.15) is 13.2 Å². The van der Waals surface area contributed by atoms with E-state index in [1.807, 2.05) is 0 Å². The summed E-state index contributed by atoms with van der Waals surface area (Å²) in [4.78, 5) is 3.19. The summed E-state index contributed by atoms with van der Waals surface area (Å²) in [6, 6.07) is 4.77. The molecule has 6 heteroatoms. The second-order valence-electron chi connectivity index (χ2n) is 7.24. The van der Waals surface area contributed by atoms with E-state index in [0.29, 0.717) is 17.0 Å². The number of thioether (sulfide) groups is 1. The van der Waals surface area contributed by atoms with Crippen LogP contribution < -0.4 is 5.32 Å². The standard InChI is InChI=1S/C20H27F3N2S/c1-14(16-10-9-15(20(21,22)23)13-19(16)26-2)24-17-7-3-4-8-18(17)25-11-5-6-12-25/h9-10,13,17-18,24H,1,3-8,11-12H2,2H3/t17-,18+/m1/s1. The minimum Gasteiger partial charge on any atom is -0.381 e. The summed E-state index contributed by atoms with van der Waals surface area (Å²) in [7, 11) is 0. The van der Waals surface area contributed by atoms with Crippen LogP contribution in [0.15, 0.2) is 29.7 Å². The van der Waals surface area contributed by atoms with Crippen molar-refractivity contribution in [2.24, 2.45) is 0 Å². The third-order valence-electron chi connectivity index (χ3n) is 5.55. The smallest absolute Gasteiger partial charge is 0.381 e. The fourth-order valence-electron chi connectivity index (χ4n) is 4.21. The molecule has 1 saturated carbocycles. The largest absolute Gasteiger partial charge is 0.416 e. The number of nitrogens with zero attached hydrogens (tertiary/aromatic N) is 1. The van der Waals surface area contributed by atoms with E-state index in [0.717, 1.165) is 36.8 Å². The van der Waals surface area contributed by atoms with Crippen LogP contribution in [0.2, 0.25) is 0 Å². The molecule has 1 saturated heterocycles. The zero-order valence-corrected chi connectivity index (χ0v) is 16.1. The molecule has 0 amide bonds. The van der Waals surface area contributed by atoms with Crippen molar-refractivity contribution < 1.29 is 13.2 Å². The molecule has 1 aliphatic heterocycles.